The molecule has 1 aromatic rings. The predicted molar refractivity (Wildman–Crippen MR) is 69.0 cm³/mol. The van der Waals surface area contributed by atoms with Gasteiger partial charge in [-0.15, -0.1) is 0 Å². The molecule has 0 unspecified atom stereocenters. The van der Waals surface area contributed by atoms with Crippen LogP contribution in [0.25, 0.3) is 0 Å². The normalized spacial score (nSPS) is 10.4. The summed E-state index contributed by atoms with van der Waals surface area (Å²) < 4.78 is 18.5. The second kappa shape index (κ2) is 7.55. The molecule has 16 heavy (non-hydrogen) atoms. The summed E-state index contributed by atoms with van der Waals surface area (Å²) in [5.41, 5.74) is 0.983. The highest BCUT2D eigenvalue weighted by Gasteiger charge is 2.00. The number of rotatable bonds is 7. The van der Waals surface area contributed by atoms with Crippen LogP contribution in [-0.2, 0) is 0 Å². The van der Waals surface area contributed by atoms with Crippen LogP contribution in [0.15, 0.2) is 18.2 Å². The minimum absolute atomic E-state index is 0.240. The first kappa shape index (κ1) is 13.4. The van der Waals surface area contributed by atoms with Gasteiger partial charge in [0.1, 0.15) is 11.6 Å². The van der Waals surface area contributed by atoms with Crippen LogP contribution >= 0.6 is 12.6 Å². The summed E-state index contributed by atoms with van der Waals surface area (Å²) in [5, 5.41) is 0. The lowest BCUT2D eigenvalue weighted by Crippen LogP contribution is -1.99. The maximum atomic E-state index is 12.9. The number of hydrogen-bond acceptors (Lipinski definition) is 2. The lowest BCUT2D eigenvalue weighted by molar-refractivity contribution is 0.301. The van der Waals surface area contributed by atoms with Gasteiger partial charge in [-0.05, 0) is 37.1 Å². The predicted octanol–water partition coefficient (Wildman–Crippen LogP) is 4.00. The maximum absolute atomic E-state index is 12.9. The maximum Gasteiger partial charge on any atom is 0.126 e. The van der Waals surface area contributed by atoms with Gasteiger partial charge in [-0.1, -0.05) is 18.9 Å². The summed E-state index contributed by atoms with van der Waals surface area (Å²) >= 11 is 4.15. The van der Waals surface area contributed by atoms with E-state index < -0.39 is 0 Å². The van der Waals surface area contributed by atoms with Crippen molar-refractivity contribution in [2.75, 3.05) is 12.4 Å². The van der Waals surface area contributed by atoms with E-state index in [4.69, 9.17) is 4.74 Å². The standard InChI is InChI=1S/C13H19FOS/c1-11-6-7-12(14)10-13(11)15-8-4-2-3-5-9-16/h6-7,10,16H,2-5,8-9H2,1H3. The number of thiol groups is 1. The SMILES string of the molecule is Cc1ccc(F)cc1OCCCCCCS. The van der Waals surface area contributed by atoms with Crippen molar-refractivity contribution >= 4 is 12.6 Å². The van der Waals surface area contributed by atoms with E-state index in [0.29, 0.717) is 12.4 Å². The Morgan fingerprint density at radius 3 is 2.69 bits per heavy atom. The summed E-state index contributed by atoms with van der Waals surface area (Å²) in [6, 6.07) is 4.64. The summed E-state index contributed by atoms with van der Waals surface area (Å²) in [6.45, 7) is 2.59. The molecule has 0 aliphatic carbocycles. The van der Waals surface area contributed by atoms with Crippen molar-refractivity contribution in [2.45, 2.75) is 32.6 Å². The van der Waals surface area contributed by atoms with E-state index >= 15 is 0 Å². The van der Waals surface area contributed by atoms with Gasteiger partial charge in [0.2, 0.25) is 0 Å². The van der Waals surface area contributed by atoms with Crippen LogP contribution in [-0.4, -0.2) is 12.4 Å². The molecule has 0 aliphatic heterocycles. The molecule has 0 spiro atoms. The first-order valence-electron chi connectivity index (χ1n) is 5.74. The zero-order valence-electron chi connectivity index (χ0n) is 9.71. The molecule has 0 fully saturated rings. The smallest absolute Gasteiger partial charge is 0.126 e. The third-order valence-corrected chi connectivity index (χ3v) is 2.78. The molecule has 1 nitrogen and oxygen atoms in total. The van der Waals surface area contributed by atoms with E-state index in [1.54, 1.807) is 6.07 Å². The van der Waals surface area contributed by atoms with Crippen molar-refractivity contribution in [3.8, 4) is 5.75 Å². The van der Waals surface area contributed by atoms with Gasteiger partial charge in [0.05, 0.1) is 6.61 Å². The van der Waals surface area contributed by atoms with Gasteiger partial charge in [-0.25, -0.2) is 4.39 Å². The van der Waals surface area contributed by atoms with Gasteiger partial charge in [0.25, 0.3) is 0 Å². The second-order valence-electron chi connectivity index (χ2n) is 3.90. The van der Waals surface area contributed by atoms with Crippen molar-refractivity contribution in [1.82, 2.24) is 0 Å². The number of benzene rings is 1. The van der Waals surface area contributed by atoms with Crippen LogP contribution in [0.3, 0.4) is 0 Å². The molecule has 0 saturated heterocycles. The molecule has 0 bridgehead atoms. The zero-order chi connectivity index (χ0) is 11.8. The minimum atomic E-state index is -0.240. The van der Waals surface area contributed by atoms with E-state index in [1.165, 1.54) is 18.6 Å². The number of ether oxygens (including phenoxy) is 1. The van der Waals surface area contributed by atoms with Crippen LogP contribution in [0.4, 0.5) is 4.39 Å². The minimum Gasteiger partial charge on any atom is -0.493 e. The lowest BCUT2D eigenvalue weighted by atomic mass is 10.2. The molecule has 0 amide bonds. The summed E-state index contributed by atoms with van der Waals surface area (Å²) in [7, 11) is 0. The molecule has 0 aliphatic rings. The van der Waals surface area contributed by atoms with Gasteiger partial charge in [-0.3, -0.25) is 0 Å². The van der Waals surface area contributed by atoms with Crippen molar-refractivity contribution in [1.29, 1.82) is 0 Å². The Kier molecular flexibility index (Phi) is 6.31. The average molecular weight is 242 g/mol. The van der Waals surface area contributed by atoms with Crippen LogP contribution in [0.1, 0.15) is 31.2 Å². The molecular weight excluding hydrogens is 223 g/mol. The first-order valence-corrected chi connectivity index (χ1v) is 6.37. The number of unbranched alkanes of at least 4 members (excludes halogenated alkanes) is 3. The fourth-order valence-electron chi connectivity index (χ4n) is 1.48. The van der Waals surface area contributed by atoms with Gasteiger partial charge >= 0.3 is 0 Å². The van der Waals surface area contributed by atoms with Crippen molar-refractivity contribution in [2.24, 2.45) is 0 Å². The third kappa shape index (κ3) is 4.88. The van der Waals surface area contributed by atoms with E-state index in [-0.39, 0.29) is 5.82 Å². The number of halogens is 1. The van der Waals surface area contributed by atoms with Crippen molar-refractivity contribution in [3.05, 3.63) is 29.6 Å². The molecule has 1 rings (SSSR count). The average Bonchev–Trinajstić information content (AvgIpc) is 2.28. The molecule has 0 atom stereocenters. The van der Waals surface area contributed by atoms with Gasteiger partial charge in [-0.2, -0.15) is 12.6 Å². The lowest BCUT2D eigenvalue weighted by Gasteiger charge is -2.08. The number of hydrogen-bond donors (Lipinski definition) is 1. The Bertz CT molecular complexity index is 315. The Balaban J connectivity index is 2.23. The summed E-state index contributed by atoms with van der Waals surface area (Å²) in [5.74, 6) is 1.37. The van der Waals surface area contributed by atoms with Gasteiger partial charge < -0.3 is 4.74 Å². The third-order valence-electron chi connectivity index (χ3n) is 2.46. The van der Waals surface area contributed by atoms with Gasteiger partial charge in [0, 0.05) is 6.07 Å². The second-order valence-corrected chi connectivity index (χ2v) is 4.34. The Morgan fingerprint density at radius 2 is 1.94 bits per heavy atom. The van der Waals surface area contributed by atoms with Gasteiger partial charge in [0.15, 0.2) is 0 Å². The van der Waals surface area contributed by atoms with Crippen molar-refractivity contribution in [3.63, 3.8) is 0 Å². The topological polar surface area (TPSA) is 9.23 Å². The molecule has 0 N–H and O–H groups in total. The van der Waals surface area contributed by atoms with E-state index in [1.807, 2.05) is 6.92 Å². The first-order chi connectivity index (χ1) is 7.74. The monoisotopic (exact) mass is 242 g/mol. The molecule has 90 valence electrons. The number of aryl methyl sites for hydroxylation is 1. The highest BCUT2D eigenvalue weighted by Crippen LogP contribution is 2.19. The Labute approximate surface area is 102 Å². The van der Waals surface area contributed by atoms with Crippen molar-refractivity contribution < 1.29 is 9.13 Å². The highest BCUT2D eigenvalue weighted by atomic mass is 32.1. The Morgan fingerprint density at radius 1 is 1.19 bits per heavy atom. The summed E-state index contributed by atoms with van der Waals surface area (Å²) in [4.78, 5) is 0. The summed E-state index contributed by atoms with van der Waals surface area (Å²) in [6.07, 6.45) is 4.51. The fraction of sp³-hybridized carbons (Fsp3) is 0.538. The van der Waals surface area contributed by atoms with E-state index in [9.17, 15) is 4.39 Å². The van der Waals surface area contributed by atoms with Crippen LogP contribution in [0.2, 0.25) is 0 Å². The van der Waals surface area contributed by atoms with E-state index in [0.717, 1.165) is 30.6 Å². The van der Waals surface area contributed by atoms with Crippen LogP contribution < -0.4 is 4.74 Å². The van der Waals surface area contributed by atoms with E-state index in [2.05, 4.69) is 12.6 Å². The van der Waals surface area contributed by atoms with Crippen LogP contribution in [0, 0.1) is 12.7 Å². The molecule has 1 aromatic carbocycles. The molecule has 3 heteroatoms. The zero-order valence-corrected chi connectivity index (χ0v) is 10.6. The molecule has 0 heterocycles. The largest absolute Gasteiger partial charge is 0.493 e. The fourth-order valence-corrected chi connectivity index (χ4v) is 1.70. The molecular formula is C13H19FOS. The highest BCUT2D eigenvalue weighted by molar-refractivity contribution is 7.80. The molecule has 0 saturated carbocycles. The molecule has 0 aromatic heterocycles. The quantitative estimate of drug-likeness (QED) is 0.561. The Hall–Kier alpha value is -0.700. The van der Waals surface area contributed by atoms with Crippen LogP contribution in [0.5, 0.6) is 5.75 Å². The molecule has 0 radical (unpaired) electrons.